The molecule has 3 aliphatic carbocycles. The van der Waals surface area contributed by atoms with Crippen LogP contribution < -0.4 is 4.74 Å². The Morgan fingerprint density at radius 2 is 1.42 bits per heavy atom. The minimum Gasteiger partial charge on any atom is -0.493 e. The summed E-state index contributed by atoms with van der Waals surface area (Å²) in [7, 11) is 5.96. The van der Waals surface area contributed by atoms with Crippen LogP contribution in [-0.2, 0) is 30.1 Å². The number of benzene rings is 1. The van der Waals surface area contributed by atoms with Crippen molar-refractivity contribution in [1.29, 1.82) is 0 Å². The number of aryl methyl sites for hydroxylation is 1. The Labute approximate surface area is 369 Å². The number of fused-ring (bicyclic) bond motifs is 5. The third-order valence-electron chi connectivity index (χ3n) is 13.3. The second-order valence-electron chi connectivity index (χ2n) is 18.1. The zero-order valence-electron chi connectivity index (χ0n) is 36.5. The molecule has 62 heavy (non-hydrogen) atoms. The molecule has 5 rings (SSSR count). The molecule has 358 valence electrons. The molecule has 0 radical (unpaired) electrons. The Kier molecular flexibility index (Phi) is 18.9. The molecular weight excluding hydrogens is 874 g/mol. The smallest absolute Gasteiger partial charge is 0.435 e. The van der Waals surface area contributed by atoms with Crippen molar-refractivity contribution in [2.24, 2.45) is 23.2 Å². The van der Waals surface area contributed by atoms with E-state index in [0.717, 1.165) is 88.5 Å². The van der Waals surface area contributed by atoms with Gasteiger partial charge in [0.1, 0.15) is 5.75 Å². The van der Waals surface area contributed by atoms with Gasteiger partial charge in [0.05, 0.1) is 39.1 Å². The molecule has 1 heterocycles. The first kappa shape index (κ1) is 51.8. The maximum Gasteiger partial charge on any atom is 0.435 e. The molecule has 0 unspecified atom stereocenters. The van der Waals surface area contributed by atoms with Crippen LogP contribution in [0.4, 0.5) is 39.5 Å². The lowest BCUT2D eigenvalue weighted by molar-refractivity contribution is -0.457. The number of alkyl halides is 9. The fourth-order valence-electron chi connectivity index (χ4n) is 9.99. The standard InChI is InChI=1S/C44H66F9NO6S2/c1-39(2)59-29-31(30-60-39)10-5-6-19-54(4)20-7-26-61-62-27-25-55-21-8-22-56-33-12-14-34-32(28-33)11-13-36-35(34)17-18-40(3)37(36)15-16-38(40)57-23-9-24-58-41(42(45,46)47,43(48,49)50)44(51,52)53/h12,14,28,31,35-38H,5-11,13,15-27,29-30H2,1-4H3/t35-,36-,37+,38+,40+/m1/s1. The summed E-state index contributed by atoms with van der Waals surface area (Å²) in [4.78, 5) is 2.42. The molecule has 18 heteroatoms. The van der Waals surface area contributed by atoms with Gasteiger partial charge in [-0.2, -0.15) is 39.5 Å². The summed E-state index contributed by atoms with van der Waals surface area (Å²) in [6.07, 6.45) is -10.4. The molecule has 3 fully saturated rings. The average Bonchev–Trinajstić information content (AvgIpc) is 3.52. The molecule has 0 aromatic heterocycles. The van der Waals surface area contributed by atoms with Crippen LogP contribution in [0, 0.1) is 23.2 Å². The quantitative estimate of drug-likeness (QED) is 0.0573. The Bertz CT molecular complexity index is 1470. The first-order valence-electron chi connectivity index (χ1n) is 22.2. The van der Waals surface area contributed by atoms with Crippen molar-refractivity contribution < 1.29 is 67.9 Å². The number of ether oxygens (including phenoxy) is 6. The first-order valence-corrected chi connectivity index (χ1v) is 24.7. The summed E-state index contributed by atoms with van der Waals surface area (Å²) >= 11 is 0. The van der Waals surface area contributed by atoms with Crippen molar-refractivity contribution >= 4 is 21.6 Å². The van der Waals surface area contributed by atoms with Gasteiger partial charge < -0.3 is 33.3 Å². The average molecular weight is 940 g/mol. The van der Waals surface area contributed by atoms with E-state index in [-0.39, 0.29) is 18.1 Å². The number of hydrogen-bond donors (Lipinski definition) is 0. The van der Waals surface area contributed by atoms with Gasteiger partial charge in [-0.3, -0.25) is 0 Å². The van der Waals surface area contributed by atoms with Crippen molar-refractivity contribution in [1.82, 2.24) is 4.90 Å². The monoisotopic (exact) mass is 939 g/mol. The number of unbranched alkanes of at least 4 members (excludes halogenated alkanes) is 1. The molecule has 0 amide bonds. The number of halogens is 9. The van der Waals surface area contributed by atoms with Crippen LogP contribution in [-0.4, -0.2) is 119 Å². The van der Waals surface area contributed by atoms with E-state index in [1.54, 1.807) is 0 Å². The van der Waals surface area contributed by atoms with Gasteiger partial charge in [0, 0.05) is 37.1 Å². The second kappa shape index (κ2) is 22.6. The molecule has 1 aromatic rings. The van der Waals surface area contributed by atoms with Gasteiger partial charge in [-0.05, 0) is 145 Å². The summed E-state index contributed by atoms with van der Waals surface area (Å²) in [5.41, 5.74) is -3.91. The van der Waals surface area contributed by atoms with Crippen LogP contribution >= 0.6 is 21.6 Å². The normalized spacial score (nSPS) is 25.8. The highest BCUT2D eigenvalue weighted by atomic mass is 33.1. The fourth-order valence-corrected chi connectivity index (χ4v) is 11.9. The van der Waals surface area contributed by atoms with Crippen molar-refractivity contribution in [3.63, 3.8) is 0 Å². The molecule has 7 nitrogen and oxygen atoms in total. The van der Waals surface area contributed by atoms with Crippen molar-refractivity contribution in [2.75, 3.05) is 77.9 Å². The van der Waals surface area contributed by atoms with E-state index in [1.807, 2.05) is 41.5 Å². The van der Waals surface area contributed by atoms with Crippen LogP contribution in [0.15, 0.2) is 18.2 Å². The zero-order valence-corrected chi connectivity index (χ0v) is 38.1. The van der Waals surface area contributed by atoms with Crippen LogP contribution in [0.3, 0.4) is 0 Å². The van der Waals surface area contributed by atoms with Gasteiger partial charge in [-0.15, -0.1) is 0 Å². The predicted molar refractivity (Wildman–Crippen MR) is 224 cm³/mol. The summed E-state index contributed by atoms with van der Waals surface area (Å²) in [6, 6.07) is 6.34. The van der Waals surface area contributed by atoms with Gasteiger partial charge in [0.15, 0.2) is 5.79 Å². The van der Waals surface area contributed by atoms with Gasteiger partial charge in [-0.25, -0.2) is 0 Å². The van der Waals surface area contributed by atoms with E-state index in [2.05, 4.69) is 35.7 Å². The molecule has 1 saturated heterocycles. The molecular formula is C44H66F9NO6S2. The highest BCUT2D eigenvalue weighted by Gasteiger charge is 2.85. The Hall–Kier alpha value is -1.15. The highest BCUT2D eigenvalue weighted by Crippen LogP contribution is 2.62. The largest absolute Gasteiger partial charge is 0.493 e. The molecule has 2 saturated carbocycles. The predicted octanol–water partition coefficient (Wildman–Crippen LogP) is 11.8. The van der Waals surface area contributed by atoms with Gasteiger partial charge in [-0.1, -0.05) is 41.0 Å². The molecule has 0 spiro atoms. The summed E-state index contributed by atoms with van der Waals surface area (Å²) in [5.74, 6) is 4.03. The first-order chi connectivity index (χ1) is 29.2. The molecule has 0 N–H and O–H groups in total. The lowest BCUT2D eigenvalue weighted by Gasteiger charge is -2.50. The summed E-state index contributed by atoms with van der Waals surface area (Å²) in [5, 5.41) is 0. The van der Waals surface area contributed by atoms with Crippen LogP contribution in [0.2, 0.25) is 0 Å². The molecule has 0 bridgehead atoms. The minimum atomic E-state index is -6.74. The fraction of sp³-hybridized carbons (Fsp3) is 0.864. The van der Waals surface area contributed by atoms with Gasteiger partial charge in [0.25, 0.3) is 0 Å². The van der Waals surface area contributed by atoms with E-state index in [9.17, 15) is 39.5 Å². The zero-order chi connectivity index (χ0) is 45.2. The molecule has 5 atom stereocenters. The van der Waals surface area contributed by atoms with E-state index in [0.29, 0.717) is 49.9 Å². The lowest BCUT2D eigenvalue weighted by atomic mass is 9.55. The van der Waals surface area contributed by atoms with Gasteiger partial charge in [0.2, 0.25) is 0 Å². The van der Waals surface area contributed by atoms with Crippen LogP contribution in [0.1, 0.15) is 108 Å². The molecule has 4 aliphatic rings. The number of rotatable bonds is 24. The van der Waals surface area contributed by atoms with E-state index in [1.165, 1.54) is 30.4 Å². The highest BCUT2D eigenvalue weighted by molar-refractivity contribution is 8.76. The van der Waals surface area contributed by atoms with Gasteiger partial charge >= 0.3 is 24.1 Å². The third-order valence-corrected chi connectivity index (χ3v) is 15.8. The van der Waals surface area contributed by atoms with E-state index in [4.69, 9.17) is 23.7 Å². The molecule has 1 aromatic carbocycles. The van der Waals surface area contributed by atoms with E-state index >= 15 is 0 Å². The van der Waals surface area contributed by atoms with Crippen molar-refractivity contribution in [2.45, 2.75) is 140 Å². The molecule has 1 aliphatic heterocycles. The lowest BCUT2D eigenvalue weighted by Crippen LogP contribution is -2.67. The Morgan fingerprint density at radius 1 is 0.742 bits per heavy atom. The maximum absolute atomic E-state index is 13.2. The third kappa shape index (κ3) is 13.3. The van der Waals surface area contributed by atoms with Crippen LogP contribution in [0.5, 0.6) is 5.75 Å². The maximum atomic E-state index is 13.2. The Morgan fingerprint density at radius 3 is 2.13 bits per heavy atom. The SMILES string of the molecule is CN(CCCCC1COC(C)(C)OC1)CCCSSCCOCCCOc1ccc2c(c1)CC[C@@H]1[C@@H]2CC[C@]2(C)[C@@H](OCCCOC(C(F)(F)F)(C(F)(F)F)C(F)(F)F)CC[C@@H]12. The van der Waals surface area contributed by atoms with Crippen molar-refractivity contribution in [3.05, 3.63) is 29.3 Å². The minimum absolute atomic E-state index is 0.257. The number of hydrogen-bond acceptors (Lipinski definition) is 9. The second-order valence-corrected chi connectivity index (χ2v) is 20.8. The van der Waals surface area contributed by atoms with E-state index < -0.39 is 42.9 Å². The topological polar surface area (TPSA) is 58.6 Å². The summed E-state index contributed by atoms with van der Waals surface area (Å²) < 4.78 is 152. The Balaban J connectivity index is 0.910. The van der Waals surface area contributed by atoms with Crippen LogP contribution in [0.25, 0.3) is 0 Å². The van der Waals surface area contributed by atoms with Crippen molar-refractivity contribution in [3.8, 4) is 5.75 Å². The number of nitrogens with zero attached hydrogens (tertiary/aromatic N) is 1. The summed E-state index contributed by atoms with van der Waals surface area (Å²) in [6.45, 7) is 10.0.